The molecule has 804 valence electrons. The number of phenols is 2. The number of aromatic nitrogens is 2. The largest absolute Gasteiger partial charge is 0.508 e. The SMILES string of the molecule is CC(C)(C)c1cc(Br)cc([C@H](CC(=O)O)CC(=O)CNC(=O)c2cc(O)cc(NC3=NCC(O)CN3)c2)c1.CC(C)(C)c1cc(Br)cc([C@H](CC(=O)O)CC(=O)CNC(=O)c2cncc(NC3=NCC(O)CN3)c2)c1.CC(C)(O)c1cc(Cl)cc([C@H](CC(=O)O)CC(=O)CNC(=O)c2cc(O)cc(NC3=NCC(F)CN3)c2)c1.CC(C)(O)c1cc(Cl)cc([C@H](CC(=O)O)CC(=O)CNC(=O)c2cncc(NC3=NCC(O)CN3)c2)c1. The number of Topliss-reactive ketones (excluding diaryl/α,β-unsaturated/α-hetero) is 4. The maximum absolute atomic E-state index is 13.2. The minimum Gasteiger partial charge on any atom is -0.508 e. The van der Waals surface area contributed by atoms with Crippen LogP contribution in [-0.4, -0.2) is 264 Å². The molecule has 12 rings (SSSR count). The Labute approximate surface area is 891 Å². The number of nitrogens with one attached hydrogen (secondary N) is 12. The number of nitrogens with zero attached hydrogens (tertiary/aromatic N) is 6. The van der Waals surface area contributed by atoms with Gasteiger partial charge in [-0.25, -0.2) is 9.38 Å². The lowest BCUT2D eigenvalue weighted by atomic mass is 9.83. The van der Waals surface area contributed by atoms with Gasteiger partial charge in [-0.1, -0.05) is 121 Å². The molecular weight excluding hydrogens is 2120 g/mol. The zero-order valence-corrected chi connectivity index (χ0v) is 88.7. The number of pyridine rings is 2. The van der Waals surface area contributed by atoms with Crippen LogP contribution in [0.3, 0.4) is 0 Å². The van der Waals surface area contributed by atoms with E-state index in [2.05, 4.69) is 167 Å². The van der Waals surface area contributed by atoms with Gasteiger partial charge in [0.2, 0.25) is 0 Å². The van der Waals surface area contributed by atoms with Crippen molar-refractivity contribution in [3.8, 4) is 11.5 Å². The summed E-state index contributed by atoms with van der Waals surface area (Å²) >= 11 is 19.4. The van der Waals surface area contributed by atoms with Gasteiger partial charge in [0.05, 0.1) is 149 Å². The van der Waals surface area contributed by atoms with E-state index < -0.39 is 113 Å². The molecule has 6 aromatic carbocycles. The summed E-state index contributed by atoms with van der Waals surface area (Å²) in [4.78, 5) is 172. The number of aliphatic hydroxyl groups is 5. The predicted octanol–water partition coefficient (Wildman–Crippen LogP) is 10.5. The average molecular weight is 2240 g/mol. The number of ketones is 4. The number of aliphatic hydroxyl groups excluding tert-OH is 3. The molecule has 0 aliphatic carbocycles. The molecule has 0 saturated carbocycles. The van der Waals surface area contributed by atoms with Crippen LogP contribution in [-0.2, 0) is 60.4 Å². The smallest absolute Gasteiger partial charge is 0.303 e. The molecule has 0 spiro atoms. The number of anilines is 4. The maximum atomic E-state index is 13.2. The molecule has 4 aliphatic rings. The molecule has 23 N–H and O–H groups in total. The molecule has 6 heterocycles. The van der Waals surface area contributed by atoms with Crippen LogP contribution in [0, 0.1) is 0 Å². The van der Waals surface area contributed by atoms with Crippen LogP contribution < -0.4 is 63.8 Å². The van der Waals surface area contributed by atoms with Gasteiger partial charge in [-0.15, -0.1) is 0 Å². The number of rotatable bonds is 38. The highest BCUT2D eigenvalue weighted by Gasteiger charge is 2.32. The lowest BCUT2D eigenvalue weighted by Crippen LogP contribution is -2.42. The summed E-state index contributed by atoms with van der Waals surface area (Å²) in [6, 6.07) is 32.3. The number of carbonyl (C=O) groups is 12. The summed E-state index contributed by atoms with van der Waals surface area (Å²) in [5, 5.41) is 141. The van der Waals surface area contributed by atoms with Crippen molar-refractivity contribution in [1.82, 2.24) is 52.5 Å². The molecule has 4 amide bonds. The van der Waals surface area contributed by atoms with Crippen molar-refractivity contribution >= 4 is 172 Å². The number of aliphatic carboxylic acids is 4. The molecule has 0 bridgehead atoms. The van der Waals surface area contributed by atoms with E-state index in [4.69, 9.17) is 23.2 Å². The van der Waals surface area contributed by atoms with Gasteiger partial charge in [0.25, 0.3) is 23.6 Å². The maximum Gasteiger partial charge on any atom is 0.303 e. The first-order valence-corrected chi connectivity index (χ1v) is 50.0. The number of carboxylic acid groups (broad SMARTS) is 4. The number of amides is 4. The third-order valence-corrected chi connectivity index (χ3v) is 24.7. The topological polar surface area (TPSA) is 647 Å². The number of aliphatic imine (C=N–C) groups is 4. The predicted molar refractivity (Wildman–Crippen MR) is 570 cm³/mol. The summed E-state index contributed by atoms with van der Waals surface area (Å²) in [6.07, 6.45) is 1.46. The summed E-state index contributed by atoms with van der Waals surface area (Å²) in [5.74, 6) is -9.12. The lowest BCUT2D eigenvalue weighted by molar-refractivity contribution is -0.138. The Bertz CT molecular complexity index is 6010. The van der Waals surface area contributed by atoms with Gasteiger partial charge in [-0.2, -0.15) is 0 Å². The van der Waals surface area contributed by atoms with E-state index in [0.717, 1.165) is 31.2 Å². The fraction of sp³-hybridized carbons (Fsp3) is 0.404. The van der Waals surface area contributed by atoms with Crippen LogP contribution in [0.2, 0.25) is 10.0 Å². The van der Waals surface area contributed by atoms with E-state index >= 15 is 0 Å². The first-order chi connectivity index (χ1) is 70.4. The Hall–Kier alpha value is -14.0. The lowest BCUT2D eigenvalue weighted by Gasteiger charge is -2.23. The zero-order valence-electron chi connectivity index (χ0n) is 84.0. The number of phenolic OH excluding ortho intramolecular Hbond substituents is 2. The zero-order chi connectivity index (χ0) is 110. The number of benzene rings is 6. The van der Waals surface area contributed by atoms with E-state index in [1.807, 2.05) is 36.4 Å². The van der Waals surface area contributed by atoms with E-state index in [-0.39, 0.29) is 172 Å². The number of halogens is 5. The second kappa shape index (κ2) is 55.0. The molecule has 41 nitrogen and oxygen atoms in total. The summed E-state index contributed by atoms with van der Waals surface area (Å²) < 4.78 is 14.9. The van der Waals surface area contributed by atoms with Crippen molar-refractivity contribution in [3.63, 3.8) is 0 Å². The van der Waals surface area contributed by atoms with Gasteiger partial charge < -0.3 is 120 Å². The molecule has 8 aromatic rings. The molecule has 2 aromatic heterocycles. The van der Waals surface area contributed by atoms with Crippen molar-refractivity contribution in [2.45, 2.75) is 191 Å². The van der Waals surface area contributed by atoms with E-state index in [1.165, 1.54) is 61.2 Å². The number of aromatic hydroxyl groups is 2. The molecule has 0 fully saturated rings. The van der Waals surface area contributed by atoms with Gasteiger partial charge in [-0.3, -0.25) is 82.5 Å². The fourth-order valence-corrected chi connectivity index (χ4v) is 16.9. The summed E-state index contributed by atoms with van der Waals surface area (Å²) in [7, 11) is 0. The number of hydrogen-bond acceptors (Lipinski definition) is 33. The first-order valence-electron chi connectivity index (χ1n) is 47.6. The minimum atomic E-state index is -1.23. The Kier molecular flexibility index (Phi) is 43.8. The highest BCUT2D eigenvalue weighted by atomic mass is 79.9. The third-order valence-electron chi connectivity index (χ3n) is 23.3. The van der Waals surface area contributed by atoms with E-state index in [9.17, 15) is 118 Å². The quantitative estimate of drug-likeness (QED) is 0.0171. The number of β-amino-alcohol motifs (C(OH)–C–C–N with tert-alkyl or cyclic N) is 3. The molecular formula is C104H125Br2Cl2FN18O23. The molecule has 4 aliphatic heterocycles. The summed E-state index contributed by atoms with van der Waals surface area (Å²) in [5.41, 5.74) is 5.15. The number of alkyl halides is 1. The van der Waals surface area contributed by atoms with Crippen LogP contribution in [0.4, 0.5) is 27.1 Å². The van der Waals surface area contributed by atoms with Crippen LogP contribution >= 0.6 is 55.1 Å². The highest BCUT2D eigenvalue weighted by Crippen LogP contribution is 2.38. The van der Waals surface area contributed by atoms with Gasteiger partial charge in [0.15, 0.2) is 47.0 Å². The standard InChI is InChI=1S/C27H33BrN4O6.C26H32BrN5O5.C26H30ClFN4O6.C25H30ClN5O6/c1-27(2,3)18-4-15(5-19(28)10-18)16(9-24(36)37)7-22(34)12-29-25(38)17-6-20(11-21(33)8-17)32-26-30-13-23(35)14-31-26;1-26(2,3)18-4-15(5-19(27)9-18)16(8-23(35)36)7-21(33)12-29-24(37)17-6-20(11-28-10-17)32-25-30-13-22(34)14-31-25;1-26(2,38)17-3-14(4-18(27)9-17)15(8-23(35)36)6-22(34)13-29-24(37)16-5-20(10-21(33)7-16)32-25-30-11-19(28)12-31-25;1-25(2,37)17-3-14(4-18(26)8-17)15(7-22(34)35)6-20(32)11-28-23(36)16-5-19(10-27-9-16)31-24-29-12-21(33)13-30-24/h4-6,8,10-11,16,23,33,35H,7,9,12-14H2,1-3H3,(H,29,38)(H,36,37)(H2,30,31,32);4-6,9-11,16,22,34H,7-8,12-14H2,1-3H3,(H,29,37)(H,35,36)(H2,30,31,32);3-5,7,9-10,15,19,33,38H,6,8,11-13H2,1-2H3,(H,29,37)(H,35,36)(H2,30,31,32);3-5,8-10,15,21,33,37H,6-7,11-13H2,1-2H3,(H,28,36)(H,34,35)(H2,29,30,31)/t2*16-;2*15-/m0000/s1. The van der Waals surface area contributed by atoms with Gasteiger partial charge in [0, 0.05) is 135 Å². The minimum absolute atomic E-state index is 0.0132. The molecule has 8 atom stereocenters. The molecule has 0 radical (unpaired) electrons. The van der Waals surface area contributed by atoms with Gasteiger partial charge >= 0.3 is 23.9 Å². The van der Waals surface area contributed by atoms with Crippen LogP contribution in [0.1, 0.15) is 230 Å². The molecule has 150 heavy (non-hydrogen) atoms. The monoisotopic (exact) mass is 2240 g/mol. The second-order valence-corrected chi connectivity index (χ2v) is 42.1. The molecule has 0 saturated heterocycles. The Morgan fingerprint density at radius 1 is 0.353 bits per heavy atom. The Balaban J connectivity index is 0.000000222. The number of carbonyl (C=O) groups excluding carboxylic acids is 8. The summed E-state index contributed by atoms with van der Waals surface area (Å²) in [6.45, 7) is 19.3. The second-order valence-electron chi connectivity index (χ2n) is 39.4. The number of carboxylic acids is 4. The normalized spacial score (nSPS) is 16.2. The third kappa shape index (κ3) is 40.5. The molecule has 4 unspecified atom stereocenters. The fourth-order valence-electron chi connectivity index (χ4n) is 15.4. The first kappa shape index (κ1) is 120. The van der Waals surface area contributed by atoms with Crippen molar-refractivity contribution in [2.24, 2.45) is 20.0 Å². The van der Waals surface area contributed by atoms with E-state index in [0.29, 0.717) is 98.5 Å². The van der Waals surface area contributed by atoms with Crippen molar-refractivity contribution in [3.05, 3.63) is 232 Å². The van der Waals surface area contributed by atoms with E-state index in [1.54, 1.807) is 76.2 Å². The van der Waals surface area contributed by atoms with Gasteiger partial charge in [0.1, 0.15) is 17.7 Å². The Morgan fingerprint density at radius 3 is 0.900 bits per heavy atom. The van der Waals surface area contributed by atoms with Crippen molar-refractivity contribution < 1.29 is 118 Å². The molecule has 46 heteroatoms. The van der Waals surface area contributed by atoms with Crippen molar-refractivity contribution in [2.75, 3.05) is 99.8 Å². The number of guanidine groups is 4. The highest BCUT2D eigenvalue weighted by molar-refractivity contribution is 9.10. The van der Waals surface area contributed by atoms with Crippen LogP contribution in [0.15, 0.2) is 175 Å². The van der Waals surface area contributed by atoms with Crippen LogP contribution in [0.25, 0.3) is 0 Å². The van der Waals surface area contributed by atoms with Crippen LogP contribution in [0.5, 0.6) is 11.5 Å². The average Bonchev–Trinajstić information content (AvgIpc) is 0.869. The van der Waals surface area contributed by atoms with Crippen molar-refractivity contribution in [1.29, 1.82) is 0 Å². The Morgan fingerprint density at radius 2 is 0.627 bits per heavy atom. The van der Waals surface area contributed by atoms with Gasteiger partial charge in [-0.05, 0) is 168 Å². The number of hydrogen-bond donors (Lipinski definition) is 23.